The van der Waals surface area contributed by atoms with Gasteiger partial charge in [0.15, 0.2) is 0 Å². The van der Waals surface area contributed by atoms with E-state index in [0.29, 0.717) is 10.1 Å². The first-order valence-electron chi connectivity index (χ1n) is 9.94. The molecule has 0 bridgehead atoms. The molecule has 1 N–H and O–H groups in total. The molecular weight excluding hydrogens is 410 g/mol. The van der Waals surface area contributed by atoms with E-state index in [1.165, 1.54) is 16.7 Å². The minimum Gasteiger partial charge on any atom is -0.341 e. The Hall–Kier alpha value is -2.69. The van der Waals surface area contributed by atoms with Crippen molar-refractivity contribution in [3.63, 3.8) is 0 Å². The molecule has 0 saturated heterocycles. The Morgan fingerprint density at radius 3 is 2.20 bits per heavy atom. The van der Waals surface area contributed by atoms with Crippen molar-refractivity contribution in [3.05, 3.63) is 94.5 Å². The molecule has 152 valence electrons. The summed E-state index contributed by atoms with van der Waals surface area (Å²) in [5.41, 5.74) is 5.16. The number of nitrogens with zero attached hydrogens (tertiary/aromatic N) is 2. The van der Waals surface area contributed by atoms with Crippen LogP contribution in [0.5, 0.6) is 0 Å². The number of rotatable bonds is 4. The topological polar surface area (TPSA) is 27.6 Å². The van der Waals surface area contributed by atoms with Crippen molar-refractivity contribution in [1.82, 2.24) is 0 Å². The largest absolute Gasteiger partial charge is 0.341 e. The molecule has 4 rings (SSSR count). The van der Waals surface area contributed by atoms with Gasteiger partial charge in [-0.3, -0.25) is 0 Å². The predicted octanol–water partition coefficient (Wildman–Crippen LogP) is 6.57. The molecule has 3 aromatic carbocycles. The number of nitrogens with one attached hydrogen (secondary N) is 1. The average Bonchev–Trinajstić information content (AvgIpc) is 2.96. The molecule has 0 saturated carbocycles. The number of benzene rings is 3. The van der Waals surface area contributed by atoms with Crippen LogP contribution in [0.4, 0.5) is 11.4 Å². The summed E-state index contributed by atoms with van der Waals surface area (Å²) in [7, 11) is 0. The summed E-state index contributed by atoms with van der Waals surface area (Å²) < 4.78 is 0. The molecule has 30 heavy (non-hydrogen) atoms. The van der Waals surface area contributed by atoms with E-state index in [0.717, 1.165) is 23.6 Å². The van der Waals surface area contributed by atoms with Gasteiger partial charge in [-0.2, -0.15) is 0 Å². The van der Waals surface area contributed by atoms with Gasteiger partial charge in [0.05, 0.1) is 0 Å². The van der Waals surface area contributed by atoms with Gasteiger partial charge in [-0.05, 0) is 73.9 Å². The molecule has 0 radical (unpaired) electrons. The number of hydrogen-bond acceptors (Lipinski definition) is 2. The smallest absolute Gasteiger partial charge is 0.202 e. The molecule has 3 aromatic rings. The molecule has 1 heterocycles. The lowest BCUT2D eigenvalue weighted by atomic mass is 9.89. The second kappa shape index (κ2) is 8.21. The van der Waals surface area contributed by atoms with Crippen LogP contribution in [0.1, 0.15) is 23.6 Å². The molecule has 1 aliphatic heterocycles. The molecule has 1 aliphatic rings. The Morgan fingerprint density at radius 2 is 1.57 bits per heavy atom. The maximum absolute atomic E-state index is 6.13. The third-order valence-electron chi connectivity index (χ3n) is 5.60. The highest BCUT2D eigenvalue weighted by molar-refractivity contribution is 7.80. The number of halogens is 1. The number of para-hydroxylation sites is 1. The molecule has 1 atom stereocenters. The van der Waals surface area contributed by atoms with Crippen molar-refractivity contribution in [1.29, 1.82) is 0 Å². The first kappa shape index (κ1) is 20.6. The van der Waals surface area contributed by atoms with Crippen LogP contribution in [0.15, 0.2) is 77.8 Å². The van der Waals surface area contributed by atoms with Crippen LogP contribution in [0.25, 0.3) is 0 Å². The Kier molecular flexibility index (Phi) is 5.63. The minimum absolute atomic E-state index is 0.471. The van der Waals surface area contributed by atoms with Gasteiger partial charge in [0, 0.05) is 22.8 Å². The number of aliphatic imine (C=N–C) groups is 1. The van der Waals surface area contributed by atoms with Gasteiger partial charge in [0.25, 0.3) is 0 Å². The van der Waals surface area contributed by atoms with Crippen LogP contribution < -0.4 is 10.2 Å². The van der Waals surface area contributed by atoms with Crippen molar-refractivity contribution in [3.8, 4) is 0 Å². The quantitative estimate of drug-likeness (QED) is 0.471. The van der Waals surface area contributed by atoms with Crippen LogP contribution in [-0.4, -0.2) is 16.5 Å². The Bertz CT molecular complexity index is 1090. The van der Waals surface area contributed by atoms with Gasteiger partial charge in [-0.25, -0.2) is 4.99 Å². The fraction of sp³-hybridized carbons (Fsp3) is 0.200. The van der Waals surface area contributed by atoms with Gasteiger partial charge in [-0.1, -0.05) is 60.1 Å². The van der Waals surface area contributed by atoms with Crippen LogP contribution in [0.3, 0.4) is 0 Å². The molecule has 0 aliphatic carbocycles. The van der Waals surface area contributed by atoms with Crippen LogP contribution in [0.2, 0.25) is 5.02 Å². The maximum Gasteiger partial charge on any atom is 0.202 e. The van der Waals surface area contributed by atoms with Crippen LogP contribution in [-0.2, 0) is 6.42 Å². The molecule has 0 spiro atoms. The average molecular weight is 434 g/mol. The summed E-state index contributed by atoms with van der Waals surface area (Å²) in [5, 5.41) is 4.87. The zero-order valence-electron chi connectivity index (χ0n) is 17.3. The lowest BCUT2D eigenvalue weighted by Gasteiger charge is -2.37. The summed E-state index contributed by atoms with van der Waals surface area (Å²) in [5.74, 6) is 0.851. The van der Waals surface area contributed by atoms with Gasteiger partial charge < -0.3 is 10.2 Å². The minimum atomic E-state index is -0.471. The summed E-state index contributed by atoms with van der Waals surface area (Å²) in [6, 6.07) is 24.5. The molecular formula is C25H24ClN3S. The lowest BCUT2D eigenvalue weighted by molar-refractivity contribution is 0.626. The van der Waals surface area contributed by atoms with Gasteiger partial charge >= 0.3 is 0 Å². The number of thiocarbonyl (C=S) groups is 1. The van der Waals surface area contributed by atoms with Crippen molar-refractivity contribution in [2.24, 2.45) is 4.99 Å². The number of aryl methyl sites for hydroxylation is 2. The predicted molar refractivity (Wildman–Crippen MR) is 132 cm³/mol. The first-order valence-corrected chi connectivity index (χ1v) is 10.7. The summed E-state index contributed by atoms with van der Waals surface area (Å²) >= 11 is 11.9. The second-order valence-electron chi connectivity index (χ2n) is 7.88. The van der Waals surface area contributed by atoms with E-state index in [2.05, 4.69) is 73.5 Å². The Labute approximate surface area is 188 Å². The van der Waals surface area contributed by atoms with Crippen LogP contribution >= 0.6 is 23.8 Å². The van der Waals surface area contributed by atoms with Gasteiger partial charge in [-0.15, -0.1) is 0 Å². The Morgan fingerprint density at radius 1 is 0.933 bits per heavy atom. The van der Waals surface area contributed by atoms with E-state index in [4.69, 9.17) is 28.8 Å². The summed E-state index contributed by atoms with van der Waals surface area (Å²) in [6.45, 7) is 6.40. The van der Waals surface area contributed by atoms with Crippen molar-refractivity contribution < 1.29 is 0 Å². The summed E-state index contributed by atoms with van der Waals surface area (Å²) in [4.78, 5) is 6.95. The number of amidine groups is 1. The van der Waals surface area contributed by atoms with Crippen LogP contribution in [0, 0.1) is 13.8 Å². The summed E-state index contributed by atoms with van der Waals surface area (Å²) in [6.07, 6.45) is 0.757. The number of hydrogen-bond donors (Lipinski definition) is 1. The highest BCUT2D eigenvalue weighted by Crippen LogP contribution is 2.36. The zero-order chi connectivity index (χ0) is 21.3. The van der Waals surface area contributed by atoms with E-state index < -0.39 is 5.54 Å². The van der Waals surface area contributed by atoms with Crippen molar-refractivity contribution in [2.75, 3.05) is 10.2 Å². The third-order valence-corrected chi connectivity index (χ3v) is 6.13. The Balaban J connectivity index is 1.78. The molecule has 0 amide bonds. The van der Waals surface area contributed by atoms with E-state index in [9.17, 15) is 0 Å². The normalized spacial score (nSPS) is 18.5. The standard InChI is InChI=1S/C25H24ClN3S/c1-17-8-7-9-18(2)22(17)27-23-25(3,16-19-10-5-4-6-11-19)29(24(30)28-23)21-14-12-20(26)13-15-21/h4-15H,16H2,1-3H3,(H,27,28,30)/t25-/m0/s1. The van der Waals surface area contributed by atoms with Gasteiger partial charge in [0.2, 0.25) is 5.11 Å². The maximum atomic E-state index is 6.13. The SMILES string of the molecule is Cc1cccc(C)c1NC1=NC(=S)N(c2ccc(Cl)cc2)[C@@]1(C)Cc1ccccc1. The first-order chi connectivity index (χ1) is 14.4. The highest BCUT2D eigenvalue weighted by atomic mass is 35.5. The number of anilines is 2. The van der Waals surface area contributed by atoms with Crippen molar-refractivity contribution >= 4 is 46.1 Å². The monoisotopic (exact) mass is 433 g/mol. The van der Waals surface area contributed by atoms with E-state index in [1.807, 2.05) is 30.3 Å². The molecule has 0 unspecified atom stereocenters. The fourth-order valence-corrected chi connectivity index (χ4v) is 4.54. The molecule has 5 heteroatoms. The zero-order valence-corrected chi connectivity index (χ0v) is 18.9. The lowest BCUT2D eigenvalue weighted by Crippen LogP contribution is -2.53. The fourth-order valence-electron chi connectivity index (χ4n) is 4.02. The van der Waals surface area contributed by atoms with Gasteiger partial charge in [0.1, 0.15) is 11.4 Å². The third kappa shape index (κ3) is 3.85. The molecule has 3 nitrogen and oxygen atoms in total. The molecule has 0 aromatic heterocycles. The van der Waals surface area contributed by atoms with E-state index in [1.54, 1.807) is 0 Å². The van der Waals surface area contributed by atoms with E-state index in [-0.39, 0.29) is 0 Å². The second-order valence-corrected chi connectivity index (χ2v) is 8.68. The highest BCUT2D eigenvalue weighted by Gasteiger charge is 2.45. The molecule has 0 fully saturated rings. The van der Waals surface area contributed by atoms with Crippen molar-refractivity contribution in [2.45, 2.75) is 32.7 Å². The van der Waals surface area contributed by atoms with E-state index >= 15 is 0 Å².